The highest BCUT2D eigenvalue weighted by Crippen LogP contribution is 2.39. The highest BCUT2D eigenvalue weighted by Gasteiger charge is 2.32. The van der Waals surface area contributed by atoms with E-state index in [0.29, 0.717) is 6.54 Å². The SMILES string of the molecule is COc1ccc(C2(C)CC(N)=CC=C2CN)cc1. The Morgan fingerprint density at radius 3 is 2.44 bits per heavy atom. The van der Waals surface area contributed by atoms with Crippen LogP contribution in [0.15, 0.2) is 47.7 Å². The third-order valence-electron chi connectivity index (χ3n) is 3.71. The third-order valence-corrected chi connectivity index (χ3v) is 3.71. The summed E-state index contributed by atoms with van der Waals surface area (Å²) in [5.74, 6) is 0.861. The zero-order valence-electron chi connectivity index (χ0n) is 10.9. The van der Waals surface area contributed by atoms with Gasteiger partial charge in [0.1, 0.15) is 5.75 Å². The van der Waals surface area contributed by atoms with Crippen molar-refractivity contribution in [1.29, 1.82) is 0 Å². The van der Waals surface area contributed by atoms with Crippen LogP contribution in [0.5, 0.6) is 5.75 Å². The van der Waals surface area contributed by atoms with Crippen molar-refractivity contribution in [2.45, 2.75) is 18.8 Å². The lowest BCUT2D eigenvalue weighted by molar-refractivity contribution is 0.414. The standard InChI is InChI=1S/C15H20N2O/c1-15(9-13(17)6-3-12(15)10-16)11-4-7-14(18-2)8-5-11/h3-8H,9-10,16-17H2,1-2H3. The maximum atomic E-state index is 5.97. The van der Waals surface area contributed by atoms with Crippen molar-refractivity contribution in [2.75, 3.05) is 13.7 Å². The van der Waals surface area contributed by atoms with Crippen molar-refractivity contribution >= 4 is 0 Å². The quantitative estimate of drug-likeness (QED) is 0.855. The molecule has 1 aromatic carbocycles. The van der Waals surface area contributed by atoms with Gasteiger partial charge in [-0.2, -0.15) is 0 Å². The molecule has 1 aromatic rings. The Bertz CT molecular complexity index is 488. The molecule has 18 heavy (non-hydrogen) atoms. The predicted octanol–water partition coefficient (Wildman–Crippen LogP) is 2.08. The van der Waals surface area contributed by atoms with Gasteiger partial charge >= 0.3 is 0 Å². The van der Waals surface area contributed by atoms with Crippen LogP contribution in [0.4, 0.5) is 0 Å². The Morgan fingerprint density at radius 1 is 1.22 bits per heavy atom. The number of rotatable bonds is 3. The van der Waals surface area contributed by atoms with E-state index in [1.54, 1.807) is 7.11 Å². The van der Waals surface area contributed by atoms with Crippen LogP contribution in [0.3, 0.4) is 0 Å². The van der Waals surface area contributed by atoms with Crippen LogP contribution in [0.1, 0.15) is 18.9 Å². The zero-order chi connectivity index (χ0) is 13.2. The van der Waals surface area contributed by atoms with Crippen LogP contribution >= 0.6 is 0 Å². The molecule has 96 valence electrons. The summed E-state index contributed by atoms with van der Waals surface area (Å²) in [7, 11) is 1.67. The van der Waals surface area contributed by atoms with E-state index in [1.165, 1.54) is 11.1 Å². The maximum absolute atomic E-state index is 5.97. The molecule has 0 fully saturated rings. The van der Waals surface area contributed by atoms with Crippen molar-refractivity contribution in [2.24, 2.45) is 11.5 Å². The molecule has 3 heteroatoms. The largest absolute Gasteiger partial charge is 0.497 e. The Kier molecular flexibility index (Phi) is 3.43. The molecule has 0 heterocycles. The van der Waals surface area contributed by atoms with E-state index in [0.717, 1.165) is 17.9 Å². The molecule has 1 aliphatic rings. The molecule has 4 N–H and O–H groups in total. The first-order valence-electron chi connectivity index (χ1n) is 6.10. The van der Waals surface area contributed by atoms with Crippen molar-refractivity contribution in [3.63, 3.8) is 0 Å². The molecule has 1 aliphatic carbocycles. The van der Waals surface area contributed by atoms with Crippen molar-refractivity contribution < 1.29 is 4.74 Å². The Hall–Kier alpha value is -1.74. The van der Waals surface area contributed by atoms with Gasteiger partial charge in [-0.3, -0.25) is 0 Å². The van der Waals surface area contributed by atoms with Crippen LogP contribution in [-0.2, 0) is 5.41 Å². The van der Waals surface area contributed by atoms with Gasteiger partial charge in [0.25, 0.3) is 0 Å². The average molecular weight is 244 g/mol. The summed E-state index contributed by atoms with van der Waals surface area (Å²) in [5, 5.41) is 0. The molecule has 3 nitrogen and oxygen atoms in total. The Labute approximate surface area is 108 Å². The molecule has 0 bridgehead atoms. The van der Waals surface area contributed by atoms with Crippen molar-refractivity contribution in [1.82, 2.24) is 0 Å². The first-order valence-corrected chi connectivity index (χ1v) is 6.10. The fraction of sp³-hybridized carbons (Fsp3) is 0.333. The van der Waals surface area contributed by atoms with Gasteiger partial charge in [0, 0.05) is 24.1 Å². The van der Waals surface area contributed by atoms with Crippen LogP contribution < -0.4 is 16.2 Å². The minimum Gasteiger partial charge on any atom is -0.497 e. The molecule has 0 radical (unpaired) electrons. The molecule has 0 saturated carbocycles. The number of allylic oxidation sites excluding steroid dienone is 3. The molecule has 0 amide bonds. The molecular formula is C15H20N2O. The second kappa shape index (κ2) is 4.86. The summed E-state index contributed by atoms with van der Waals surface area (Å²) >= 11 is 0. The summed E-state index contributed by atoms with van der Waals surface area (Å²) in [6.07, 6.45) is 4.80. The molecule has 0 aliphatic heterocycles. The summed E-state index contributed by atoms with van der Waals surface area (Å²) in [6, 6.07) is 8.12. The van der Waals surface area contributed by atoms with Gasteiger partial charge < -0.3 is 16.2 Å². The first-order chi connectivity index (χ1) is 8.60. The maximum Gasteiger partial charge on any atom is 0.118 e. The first kappa shape index (κ1) is 12.7. The molecule has 2 rings (SSSR count). The molecule has 0 aromatic heterocycles. The van der Waals surface area contributed by atoms with Gasteiger partial charge in [-0.15, -0.1) is 0 Å². The summed E-state index contributed by atoms with van der Waals surface area (Å²) in [4.78, 5) is 0. The molecule has 0 spiro atoms. The summed E-state index contributed by atoms with van der Waals surface area (Å²) in [6.45, 7) is 2.74. The average Bonchev–Trinajstić information content (AvgIpc) is 2.39. The number of benzene rings is 1. The summed E-state index contributed by atoms with van der Waals surface area (Å²) in [5.41, 5.74) is 15.0. The number of ether oxygens (including phenoxy) is 1. The molecule has 1 unspecified atom stereocenters. The Morgan fingerprint density at radius 2 is 1.89 bits per heavy atom. The monoisotopic (exact) mass is 244 g/mol. The normalized spacial score (nSPS) is 23.3. The van der Waals surface area contributed by atoms with E-state index in [1.807, 2.05) is 24.3 Å². The molecule has 0 saturated heterocycles. The minimum atomic E-state index is -0.111. The van der Waals surface area contributed by atoms with Gasteiger partial charge in [-0.1, -0.05) is 25.1 Å². The van der Waals surface area contributed by atoms with Crippen molar-refractivity contribution in [3.8, 4) is 5.75 Å². The minimum absolute atomic E-state index is 0.111. The van der Waals surface area contributed by atoms with E-state index in [2.05, 4.69) is 19.1 Å². The third kappa shape index (κ3) is 2.14. The lowest BCUT2D eigenvalue weighted by Crippen LogP contribution is -2.32. The smallest absolute Gasteiger partial charge is 0.118 e. The molecule has 1 atom stereocenters. The molecular weight excluding hydrogens is 224 g/mol. The van der Waals surface area contributed by atoms with Crippen molar-refractivity contribution in [3.05, 3.63) is 53.3 Å². The van der Waals surface area contributed by atoms with Gasteiger partial charge in [0.15, 0.2) is 0 Å². The zero-order valence-corrected chi connectivity index (χ0v) is 10.9. The van der Waals surface area contributed by atoms with Crippen LogP contribution in [0.2, 0.25) is 0 Å². The van der Waals surface area contributed by atoms with E-state index < -0.39 is 0 Å². The number of nitrogens with two attached hydrogens (primary N) is 2. The van der Waals surface area contributed by atoms with Gasteiger partial charge in [0.2, 0.25) is 0 Å². The van der Waals surface area contributed by atoms with E-state index in [-0.39, 0.29) is 5.41 Å². The van der Waals surface area contributed by atoms with Gasteiger partial charge in [0.05, 0.1) is 7.11 Å². The van der Waals surface area contributed by atoms with E-state index >= 15 is 0 Å². The second-order valence-corrected chi connectivity index (χ2v) is 4.87. The van der Waals surface area contributed by atoms with E-state index in [4.69, 9.17) is 16.2 Å². The number of hydrogen-bond acceptors (Lipinski definition) is 3. The van der Waals surface area contributed by atoms with Crippen LogP contribution in [0.25, 0.3) is 0 Å². The van der Waals surface area contributed by atoms with E-state index in [9.17, 15) is 0 Å². The van der Waals surface area contributed by atoms with Crippen LogP contribution in [0, 0.1) is 0 Å². The summed E-state index contributed by atoms with van der Waals surface area (Å²) < 4.78 is 5.19. The van der Waals surface area contributed by atoms with Gasteiger partial charge in [-0.05, 0) is 29.3 Å². The van der Waals surface area contributed by atoms with Gasteiger partial charge in [-0.25, -0.2) is 0 Å². The number of hydrogen-bond donors (Lipinski definition) is 2. The lowest BCUT2D eigenvalue weighted by atomic mass is 9.70. The Balaban J connectivity index is 2.40. The second-order valence-electron chi connectivity index (χ2n) is 4.87. The fourth-order valence-electron chi connectivity index (χ4n) is 2.51. The predicted molar refractivity (Wildman–Crippen MR) is 74.4 cm³/mol. The fourth-order valence-corrected chi connectivity index (χ4v) is 2.51. The van der Waals surface area contributed by atoms with Crippen LogP contribution in [-0.4, -0.2) is 13.7 Å². The highest BCUT2D eigenvalue weighted by atomic mass is 16.5. The lowest BCUT2D eigenvalue weighted by Gasteiger charge is -2.35. The topological polar surface area (TPSA) is 61.3 Å². The number of methoxy groups -OCH3 is 1. The highest BCUT2D eigenvalue weighted by molar-refractivity contribution is 5.44.